The van der Waals surface area contributed by atoms with E-state index in [-0.39, 0.29) is 11.3 Å². The van der Waals surface area contributed by atoms with Gasteiger partial charge in [0.2, 0.25) is 0 Å². The highest BCUT2D eigenvalue weighted by Crippen LogP contribution is 2.19. The Balaban J connectivity index is 2.94. The molecule has 1 amide bonds. The van der Waals surface area contributed by atoms with Gasteiger partial charge in [0, 0.05) is 10.2 Å². The van der Waals surface area contributed by atoms with E-state index in [0.29, 0.717) is 0 Å². The second-order valence-electron chi connectivity index (χ2n) is 3.94. The summed E-state index contributed by atoms with van der Waals surface area (Å²) >= 11 is 3.22. The van der Waals surface area contributed by atoms with Gasteiger partial charge in [-0.25, -0.2) is 0 Å². The summed E-state index contributed by atoms with van der Waals surface area (Å²) in [6.07, 6.45) is 0. The summed E-state index contributed by atoms with van der Waals surface area (Å²) in [7, 11) is 0. The van der Waals surface area contributed by atoms with Crippen molar-refractivity contribution in [3.63, 3.8) is 0 Å². The number of carbonyl (C=O) groups excluding carboxylic acids is 1. The molecule has 0 spiro atoms. The third kappa shape index (κ3) is 3.20. The summed E-state index contributed by atoms with van der Waals surface area (Å²) in [5.74, 6) is -0.572. The van der Waals surface area contributed by atoms with Crippen LogP contribution < -0.4 is 11.1 Å². The number of aliphatic hydroxyl groups excluding tert-OH is 3. The van der Waals surface area contributed by atoms with Crippen molar-refractivity contribution in [1.82, 2.24) is 5.32 Å². The molecule has 7 heteroatoms. The minimum Gasteiger partial charge on any atom is -0.398 e. The summed E-state index contributed by atoms with van der Waals surface area (Å²) < 4.78 is 0.731. The maximum atomic E-state index is 11.9. The Morgan fingerprint density at radius 3 is 2.28 bits per heavy atom. The molecule has 0 radical (unpaired) electrons. The summed E-state index contributed by atoms with van der Waals surface area (Å²) in [4.78, 5) is 11.9. The quantitative estimate of drug-likeness (QED) is 0.468. The Morgan fingerprint density at radius 1 is 1.28 bits per heavy atom. The number of nitrogens with one attached hydrogen (secondary N) is 1. The van der Waals surface area contributed by atoms with E-state index in [4.69, 9.17) is 21.1 Å². The van der Waals surface area contributed by atoms with E-state index in [1.54, 1.807) is 12.1 Å². The highest BCUT2D eigenvalue weighted by atomic mass is 79.9. The van der Waals surface area contributed by atoms with Crippen molar-refractivity contribution in [3.8, 4) is 0 Å². The van der Waals surface area contributed by atoms with E-state index in [9.17, 15) is 4.79 Å². The maximum absolute atomic E-state index is 11.9. The Kier molecular flexibility index (Phi) is 5.09. The topological polar surface area (TPSA) is 116 Å². The van der Waals surface area contributed by atoms with Crippen LogP contribution in [0.1, 0.15) is 10.4 Å². The Labute approximate surface area is 113 Å². The average molecular weight is 319 g/mol. The molecule has 0 bridgehead atoms. The first-order chi connectivity index (χ1) is 8.48. The number of hydrogen-bond acceptors (Lipinski definition) is 5. The molecule has 0 saturated carbocycles. The predicted molar refractivity (Wildman–Crippen MR) is 70.0 cm³/mol. The van der Waals surface area contributed by atoms with Crippen LogP contribution >= 0.6 is 15.9 Å². The molecule has 0 unspecified atom stereocenters. The van der Waals surface area contributed by atoms with Crippen LogP contribution in [0.4, 0.5) is 5.69 Å². The van der Waals surface area contributed by atoms with Crippen molar-refractivity contribution in [2.75, 3.05) is 25.6 Å². The number of carbonyl (C=O) groups is 1. The third-order valence-corrected chi connectivity index (χ3v) is 3.04. The van der Waals surface area contributed by atoms with Crippen LogP contribution in [-0.2, 0) is 0 Å². The zero-order chi connectivity index (χ0) is 13.8. The molecular formula is C11H15BrN2O4. The van der Waals surface area contributed by atoms with Gasteiger partial charge in [-0.15, -0.1) is 0 Å². The van der Waals surface area contributed by atoms with E-state index in [2.05, 4.69) is 21.2 Å². The first kappa shape index (κ1) is 14.9. The van der Waals surface area contributed by atoms with Gasteiger partial charge in [0.05, 0.1) is 25.4 Å². The van der Waals surface area contributed by atoms with E-state index >= 15 is 0 Å². The zero-order valence-electron chi connectivity index (χ0n) is 9.56. The minimum atomic E-state index is -1.46. The van der Waals surface area contributed by atoms with Crippen LogP contribution in [0.15, 0.2) is 22.7 Å². The van der Waals surface area contributed by atoms with Gasteiger partial charge in [-0.2, -0.15) is 0 Å². The number of hydrogen-bond donors (Lipinski definition) is 5. The Bertz CT molecular complexity index is 427. The van der Waals surface area contributed by atoms with E-state index in [1.165, 1.54) is 6.07 Å². The molecule has 1 rings (SSSR count). The Hall–Kier alpha value is -1.15. The standard InChI is InChI=1S/C11H15BrN2O4/c12-7-1-2-8(9(13)3-7)10(18)14-11(4-15,5-16)6-17/h1-3,15-17H,4-6,13H2,(H,14,18). The summed E-state index contributed by atoms with van der Waals surface area (Å²) in [6, 6.07) is 4.71. The minimum absolute atomic E-state index is 0.206. The molecule has 0 fully saturated rings. The molecule has 0 aliphatic rings. The highest BCUT2D eigenvalue weighted by molar-refractivity contribution is 9.10. The second kappa shape index (κ2) is 6.14. The number of benzene rings is 1. The van der Waals surface area contributed by atoms with Crippen LogP contribution in [0.3, 0.4) is 0 Å². The summed E-state index contributed by atoms with van der Waals surface area (Å²) in [5, 5.41) is 29.7. The molecule has 1 aromatic rings. The first-order valence-corrected chi connectivity index (χ1v) is 5.97. The number of rotatable bonds is 5. The number of nitrogens with two attached hydrogens (primary N) is 1. The molecule has 6 nitrogen and oxygen atoms in total. The van der Waals surface area contributed by atoms with Gasteiger partial charge in [0.25, 0.3) is 5.91 Å². The lowest BCUT2D eigenvalue weighted by Crippen LogP contribution is -2.57. The van der Waals surface area contributed by atoms with Crippen LogP contribution in [-0.4, -0.2) is 46.6 Å². The smallest absolute Gasteiger partial charge is 0.254 e. The number of amides is 1. The summed E-state index contributed by atoms with van der Waals surface area (Å²) in [5.41, 5.74) is 4.69. The van der Waals surface area contributed by atoms with Crippen molar-refractivity contribution >= 4 is 27.5 Å². The number of aliphatic hydroxyl groups is 3. The molecule has 6 N–H and O–H groups in total. The van der Waals surface area contributed by atoms with Crippen molar-refractivity contribution in [2.24, 2.45) is 0 Å². The van der Waals surface area contributed by atoms with Crippen molar-refractivity contribution in [3.05, 3.63) is 28.2 Å². The van der Waals surface area contributed by atoms with Gasteiger partial charge < -0.3 is 26.4 Å². The lowest BCUT2D eigenvalue weighted by Gasteiger charge is -2.28. The van der Waals surface area contributed by atoms with Gasteiger partial charge in [0.15, 0.2) is 0 Å². The second-order valence-corrected chi connectivity index (χ2v) is 4.86. The lowest BCUT2D eigenvalue weighted by atomic mass is 10.0. The number of nitrogen functional groups attached to an aromatic ring is 1. The molecule has 0 aliphatic carbocycles. The van der Waals surface area contributed by atoms with E-state index in [1.807, 2.05) is 0 Å². The van der Waals surface area contributed by atoms with Gasteiger partial charge in [-0.05, 0) is 18.2 Å². The monoisotopic (exact) mass is 318 g/mol. The zero-order valence-corrected chi connectivity index (χ0v) is 11.1. The number of halogens is 1. The van der Waals surface area contributed by atoms with Crippen molar-refractivity contribution in [2.45, 2.75) is 5.54 Å². The SMILES string of the molecule is Nc1cc(Br)ccc1C(=O)NC(CO)(CO)CO. The van der Waals surface area contributed by atoms with Gasteiger partial charge in [0.1, 0.15) is 5.54 Å². The summed E-state index contributed by atoms with van der Waals surface area (Å²) in [6.45, 7) is -1.74. The fourth-order valence-electron chi connectivity index (χ4n) is 1.32. The molecule has 0 heterocycles. The van der Waals surface area contributed by atoms with Gasteiger partial charge in [-0.1, -0.05) is 15.9 Å². The third-order valence-electron chi connectivity index (χ3n) is 2.54. The molecule has 18 heavy (non-hydrogen) atoms. The Morgan fingerprint density at radius 2 is 1.83 bits per heavy atom. The average Bonchev–Trinajstić information content (AvgIpc) is 2.36. The fraction of sp³-hybridized carbons (Fsp3) is 0.364. The lowest BCUT2D eigenvalue weighted by molar-refractivity contribution is 0.0375. The molecular weight excluding hydrogens is 304 g/mol. The molecule has 0 aliphatic heterocycles. The maximum Gasteiger partial charge on any atom is 0.254 e. The normalized spacial score (nSPS) is 11.3. The van der Waals surface area contributed by atoms with E-state index < -0.39 is 31.3 Å². The van der Waals surface area contributed by atoms with Gasteiger partial charge >= 0.3 is 0 Å². The van der Waals surface area contributed by atoms with Crippen LogP contribution in [0.25, 0.3) is 0 Å². The van der Waals surface area contributed by atoms with Crippen LogP contribution in [0.5, 0.6) is 0 Å². The first-order valence-electron chi connectivity index (χ1n) is 5.18. The molecule has 100 valence electrons. The molecule has 1 aromatic carbocycles. The molecule has 0 aromatic heterocycles. The van der Waals surface area contributed by atoms with Crippen LogP contribution in [0, 0.1) is 0 Å². The predicted octanol–water partition coefficient (Wildman–Crippen LogP) is -0.523. The highest BCUT2D eigenvalue weighted by Gasteiger charge is 2.30. The molecule has 0 saturated heterocycles. The van der Waals surface area contributed by atoms with E-state index in [0.717, 1.165) is 4.47 Å². The fourth-order valence-corrected chi connectivity index (χ4v) is 1.70. The van der Waals surface area contributed by atoms with Crippen molar-refractivity contribution < 1.29 is 20.1 Å². The number of anilines is 1. The van der Waals surface area contributed by atoms with Gasteiger partial charge in [-0.3, -0.25) is 4.79 Å². The molecule has 0 atom stereocenters. The largest absolute Gasteiger partial charge is 0.398 e. The van der Waals surface area contributed by atoms with Crippen LogP contribution in [0.2, 0.25) is 0 Å². The van der Waals surface area contributed by atoms with Crippen molar-refractivity contribution in [1.29, 1.82) is 0 Å².